The lowest BCUT2D eigenvalue weighted by Crippen LogP contribution is -2.50. The first-order valence-corrected chi connectivity index (χ1v) is 10.8. The smallest absolute Gasteiger partial charge is 0.410 e. The fourth-order valence-corrected chi connectivity index (χ4v) is 3.34. The first-order valence-electron chi connectivity index (χ1n) is 9.35. The third-order valence-electron chi connectivity index (χ3n) is 4.07. The first kappa shape index (κ1) is 22.7. The van der Waals surface area contributed by atoms with Crippen molar-refractivity contribution in [1.82, 2.24) is 4.90 Å². The van der Waals surface area contributed by atoms with Crippen LogP contribution in [-0.2, 0) is 15.7 Å². The average molecular weight is 428 g/mol. The Kier molecular flexibility index (Phi) is 7.15. The molecular formula is C20H30ClN3O3S. The Morgan fingerprint density at radius 2 is 1.75 bits per heavy atom. The molecule has 0 N–H and O–H groups in total. The fourth-order valence-electron chi connectivity index (χ4n) is 2.64. The van der Waals surface area contributed by atoms with E-state index in [4.69, 9.17) is 16.3 Å². The second-order valence-electron chi connectivity index (χ2n) is 8.75. The Morgan fingerprint density at radius 1 is 1.14 bits per heavy atom. The molecule has 8 heteroatoms. The van der Waals surface area contributed by atoms with Gasteiger partial charge in [0.15, 0.2) is 0 Å². The predicted molar refractivity (Wildman–Crippen MR) is 117 cm³/mol. The number of piperazine rings is 1. The van der Waals surface area contributed by atoms with Gasteiger partial charge in [0, 0.05) is 48.7 Å². The van der Waals surface area contributed by atoms with Crippen LogP contribution in [0.1, 0.15) is 47.1 Å². The van der Waals surface area contributed by atoms with Crippen LogP contribution in [0.5, 0.6) is 0 Å². The van der Waals surface area contributed by atoms with Crippen LogP contribution in [0.4, 0.5) is 10.5 Å². The van der Waals surface area contributed by atoms with Crippen molar-refractivity contribution in [3.8, 4) is 0 Å². The van der Waals surface area contributed by atoms with E-state index in [2.05, 4.69) is 9.30 Å². The summed E-state index contributed by atoms with van der Waals surface area (Å²) in [6.45, 7) is 13.7. The Balaban J connectivity index is 2.12. The molecule has 1 amide bonds. The Hall–Kier alpha value is -1.60. The van der Waals surface area contributed by atoms with Crippen molar-refractivity contribution in [2.45, 2.75) is 51.9 Å². The van der Waals surface area contributed by atoms with Crippen molar-refractivity contribution >= 4 is 40.6 Å². The molecule has 1 fully saturated rings. The zero-order chi connectivity index (χ0) is 21.1. The van der Waals surface area contributed by atoms with Crippen LogP contribution < -0.4 is 4.90 Å². The molecule has 1 aliphatic rings. The minimum atomic E-state index is -1.34. The van der Waals surface area contributed by atoms with Crippen molar-refractivity contribution in [2.24, 2.45) is 4.40 Å². The number of benzene rings is 1. The number of anilines is 1. The minimum Gasteiger partial charge on any atom is -0.444 e. The lowest BCUT2D eigenvalue weighted by Gasteiger charge is -2.37. The van der Waals surface area contributed by atoms with E-state index in [0.29, 0.717) is 31.2 Å². The maximum Gasteiger partial charge on any atom is 0.410 e. The van der Waals surface area contributed by atoms with Crippen LogP contribution in [0.2, 0.25) is 5.02 Å². The summed E-state index contributed by atoms with van der Waals surface area (Å²) >= 11 is 6.16. The largest absolute Gasteiger partial charge is 0.444 e. The van der Waals surface area contributed by atoms with Gasteiger partial charge in [0.1, 0.15) is 16.6 Å². The number of halogens is 1. The molecular weight excluding hydrogens is 398 g/mol. The van der Waals surface area contributed by atoms with Crippen LogP contribution in [0, 0.1) is 0 Å². The number of amides is 1. The third-order valence-corrected chi connectivity index (χ3v) is 5.65. The van der Waals surface area contributed by atoms with E-state index in [1.165, 1.54) is 0 Å². The summed E-state index contributed by atoms with van der Waals surface area (Å²) in [5, 5.41) is 0.596. The van der Waals surface area contributed by atoms with Gasteiger partial charge in [-0.15, -0.1) is 0 Å². The van der Waals surface area contributed by atoms with Gasteiger partial charge < -0.3 is 14.5 Å². The number of rotatable bonds is 3. The zero-order valence-corrected chi connectivity index (χ0v) is 19.1. The van der Waals surface area contributed by atoms with Crippen LogP contribution in [0.3, 0.4) is 0 Å². The summed E-state index contributed by atoms with van der Waals surface area (Å²) in [6.07, 6.45) is 1.34. The topological polar surface area (TPSA) is 62.2 Å². The molecule has 1 aromatic rings. The molecule has 0 spiro atoms. The van der Waals surface area contributed by atoms with Gasteiger partial charge in [-0.05, 0) is 59.7 Å². The maximum absolute atomic E-state index is 12.3. The van der Waals surface area contributed by atoms with E-state index in [0.717, 1.165) is 11.3 Å². The van der Waals surface area contributed by atoms with E-state index in [1.807, 2.05) is 59.7 Å². The van der Waals surface area contributed by atoms with Crippen molar-refractivity contribution in [1.29, 1.82) is 0 Å². The van der Waals surface area contributed by atoms with E-state index in [-0.39, 0.29) is 6.09 Å². The van der Waals surface area contributed by atoms with E-state index < -0.39 is 21.3 Å². The molecule has 2 rings (SSSR count). The van der Waals surface area contributed by atoms with Gasteiger partial charge in [-0.1, -0.05) is 11.6 Å². The highest BCUT2D eigenvalue weighted by molar-refractivity contribution is 7.85. The molecule has 1 aromatic carbocycles. The number of nitrogens with zero attached hydrogens (tertiary/aromatic N) is 3. The summed E-state index contributed by atoms with van der Waals surface area (Å²) in [4.78, 5) is 16.2. The highest BCUT2D eigenvalue weighted by Crippen LogP contribution is 2.25. The van der Waals surface area contributed by atoms with E-state index >= 15 is 0 Å². The summed E-state index contributed by atoms with van der Waals surface area (Å²) in [5.74, 6) is 0. The molecule has 0 bridgehead atoms. The molecule has 1 unspecified atom stereocenters. The lowest BCUT2D eigenvalue weighted by atomic mass is 10.1. The minimum absolute atomic E-state index is 0.286. The quantitative estimate of drug-likeness (QED) is 0.675. The summed E-state index contributed by atoms with van der Waals surface area (Å²) in [6, 6.07) is 5.59. The van der Waals surface area contributed by atoms with Crippen LogP contribution in [0.25, 0.3) is 0 Å². The van der Waals surface area contributed by atoms with Crippen LogP contribution in [0.15, 0.2) is 22.6 Å². The fraction of sp³-hybridized carbons (Fsp3) is 0.600. The Labute approximate surface area is 175 Å². The second-order valence-corrected chi connectivity index (χ2v) is 11.1. The number of carbonyl (C=O) groups excluding carboxylic acids is 1. The normalized spacial score (nSPS) is 17.1. The van der Waals surface area contributed by atoms with Crippen molar-refractivity contribution in [2.75, 3.05) is 31.1 Å². The maximum atomic E-state index is 12.3. The summed E-state index contributed by atoms with van der Waals surface area (Å²) in [7, 11) is -1.34. The van der Waals surface area contributed by atoms with Gasteiger partial charge in [0.25, 0.3) is 0 Å². The highest BCUT2D eigenvalue weighted by atomic mass is 35.5. The predicted octanol–water partition coefficient (Wildman–Crippen LogP) is 4.28. The molecule has 1 atom stereocenters. The molecule has 0 aromatic heterocycles. The highest BCUT2D eigenvalue weighted by Gasteiger charge is 2.26. The number of hydrogen-bond donors (Lipinski definition) is 0. The molecule has 156 valence electrons. The molecule has 0 aliphatic carbocycles. The number of ether oxygens (including phenoxy) is 1. The standard InChI is InChI=1S/C20H30ClN3O3S/c1-19(2,3)27-18(25)24-11-9-23(10-12-24)17-8-7-16(21)13-15(17)14-22-28(26)20(4,5)6/h7-8,13-14H,9-12H2,1-6H3/b22-14+. The van der Waals surface area contributed by atoms with Gasteiger partial charge >= 0.3 is 6.09 Å². The molecule has 1 aliphatic heterocycles. The third kappa shape index (κ3) is 6.48. The molecule has 0 saturated carbocycles. The summed E-state index contributed by atoms with van der Waals surface area (Å²) in [5.41, 5.74) is 1.27. The molecule has 28 heavy (non-hydrogen) atoms. The van der Waals surface area contributed by atoms with Gasteiger partial charge in [-0.3, -0.25) is 0 Å². The van der Waals surface area contributed by atoms with E-state index in [9.17, 15) is 9.00 Å². The van der Waals surface area contributed by atoms with E-state index in [1.54, 1.807) is 11.1 Å². The van der Waals surface area contributed by atoms with Crippen LogP contribution >= 0.6 is 11.6 Å². The molecule has 6 nitrogen and oxygen atoms in total. The molecule has 1 saturated heterocycles. The monoisotopic (exact) mass is 427 g/mol. The van der Waals surface area contributed by atoms with Crippen molar-refractivity contribution in [3.63, 3.8) is 0 Å². The van der Waals surface area contributed by atoms with Gasteiger partial charge in [-0.25, -0.2) is 9.00 Å². The van der Waals surface area contributed by atoms with Gasteiger partial charge in [0.2, 0.25) is 0 Å². The van der Waals surface area contributed by atoms with Crippen molar-refractivity contribution in [3.05, 3.63) is 28.8 Å². The zero-order valence-electron chi connectivity index (χ0n) is 17.5. The van der Waals surface area contributed by atoms with Gasteiger partial charge in [-0.2, -0.15) is 4.40 Å². The lowest BCUT2D eigenvalue weighted by molar-refractivity contribution is 0.0240. The first-order chi connectivity index (χ1) is 12.9. The summed E-state index contributed by atoms with van der Waals surface area (Å²) < 4.78 is 21.5. The van der Waals surface area contributed by atoms with Crippen LogP contribution in [-0.4, -0.2) is 57.9 Å². The van der Waals surface area contributed by atoms with Gasteiger partial charge in [0.05, 0.1) is 4.75 Å². The number of hydrogen-bond acceptors (Lipinski definition) is 4. The second kappa shape index (κ2) is 8.82. The molecule has 0 radical (unpaired) electrons. The van der Waals surface area contributed by atoms with Crippen molar-refractivity contribution < 1.29 is 13.7 Å². The Morgan fingerprint density at radius 3 is 2.29 bits per heavy atom. The number of carbonyl (C=O) groups is 1. The SMILES string of the molecule is CC(C)(C)OC(=O)N1CCN(c2ccc(Cl)cc2/C=N/S(=O)C(C)(C)C)CC1. The average Bonchev–Trinajstić information content (AvgIpc) is 2.57. The molecule has 1 heterocycles. The Bertz CT molecular complexity index is 761.